The molecule has 1 spiro atoms. The van der Waals surface area contributed by atoms with Crippen LogP contribution in [0.15, 0.2) is 42.5 Å². The lowest BCUT2D eigenvalue weighted by atomic mass is 9.79. The third-order valence-corrected chi connectivity index (χ3v) is 10.0. The van der Waals surface area contributed by atoms with Gasteiger partial charge in [-0.15, -0.1) is 0 Å². The number of amides is 3. The number of carbonyl (C=O) groups excluding carboxylic acids is 3. The summed E-state index contributed by atoms with van der Waals surface area (Å²) < 4.78 is 17.1. The maximum atomic E-state index is 13.9. The quantitative estimate of drug-likeness (QED) is 0.299. The van der Waals surface area contributed by atoms with Crippen LogP contribution in [0.25, 0.3) is 0 Å². The molecule has 0 radical (unpaired) electrons. The fraction of sp³-hybridized carbons (Fsp3) is 0.605. The van der Waals surface area contributed by atoms with E-state index in [1.807, 2.05) is 24.3 Å². The van der Waals surface area contributed by atoms with Crippen molar-refractivity contribution in [2.45, 2.75) is 90.4 Å². The number of unbranched alkanes of at least 4 members (excludes halogenated alkanes) is 1. The summed E-state index contributed by atoms with van der Waals surface area (Å²) in [6.45, 7) is 12.5. The number of hydrogen-bond donors (Lipinski definition) is 3. The summed E-state index contributed by atoms with van der Waals surface area (Å²) in [5.74, 6) is 1.09. The number of benzene rings is 2. The van der Waals surface area contributed by atoms with Gasteiger partial charge in [-0.25, -0.2) is 0 Å². The number of ether oxygens (including phenoxy) is 3. The van der Waals surface area contributed by atoms with Gasteiger partial charge in [-0.1, -0.05) is 46.2 Å². The number of rotatable bonds is 12. The molecule has 3 aliphatic heterocycles. The standard InChI is InChI=1S/C38H54N4O7/c1-6-7-18-42-35(45)32(33(43)27-14-21-48-22-15-27)40-36(46)38(42)16-19-41(20-17-38)24-26-8-11-29(12-9-26)49-30-13-10-28(23-31(30)47-5)34(44)39-25-37(2,3)4/h8-13,23,27,32-33,43H,6-7,14-22,24-25H2,1-5H3,(H,39,44)(H,40,46)/t32-,33-/m1/s1. The molecule has 11 nitrogen and oxygen atoms in total. The summed E-state index contributed by atoms with van der Waals surface area (Å²) in [6, 6.07) is 12.1. The average molecular weight is 679 g/mol. The number of hydrogen-bond acceptors (Lipinski definition) is 8. The van der Waals surface area contributed by atoms with Gasteiger partial charge >= 0.3 is 0 Å². The van der Waals surface area contributed by atoms with Crippen LogP contribution in [0.1, 0.15) is 82.1 Å². The van der Waals surface area contributed by atoms with E-state index in [1.54, 1.807) is 30.2 Å². The monoisotopic (exact) mass is 678 g/mol. The first-order chi connectivity index (χ1) is 23.4. The van der Waals surface area contributed by atoms with E-state index >= 15 is 0 Å². The number of piperidine rings is 1. The van der Waals surface area contributed by atoms with E-state index in [2.05, 4.69) is 43.2 Å². The molecule has 0 aromatic heterocycles. The molecule has 11 heteroatoms. The Morgan fingerprint density at radius 1 is 1.08 bits per heavy atom. The third-order valence-electron chi connectivity index (χ3n) is 10.0. The number of nitrogens with one attached hydrogen (secondary N) is 2. The fourth-order valence-electron chi connectivity index (χ4n) is 7.01. The van der Waals surface area contributed by atoms with Crippen LogP contribution in [0, 0.1) is 11.3 Å². The molecule has 5 rings (SSSR count). The van der Waals surface area contributed by atoms with Crippen molar-refractivity contribution in [1.29, 1.82) is 0 Å². The second kappa shape index (κ2) is 15.9. The molecule has 0 aliphatic carbocycles. The van der Waals surface area contributed by atoms with Gasteiger partial charge in [0.15, 0.2) is 11.5 Å². The highest BCUT2D eigenvalue weighted by Gasteiger charge is 2.55. The van der Waals surface area contributed by atoms with Crippen molar-refractivity contribution in [3.05, 3.63) is 53.6 Å². The summed E-state index contributed by atoms with van der Waals surface area (Å²) in [7, 11) is 1.55. The number of piperazine rings is 1. The van der Waals surface area contributed by atoms with E-state index in [0.717, 1.165) is 18.4 Å². The Labute approximate surface area is 290 Å². The first kappa shape index (κ1) is 36.6. The van der Waals surface area contributed by atoms with E-state index in [9.17, 15) is 19.5 Å². The van der Waals surface area contributed by atoms with Crippen molar-refractivity contribution in [2.24, 2.45) is 11.3 Å². The molecule has 3 fully saturated rings. The summed E-state index contributed by atoms with van der Waals surface area (Å²) in [4.78, 5) is 44.4. The van der Waals surface area contributed by atoms with Crippen molar-refractivity contribution < 1.29 is 33.7 Å². The number of nitrogens with zero attached hydrogens (tertiary/aromatic N) is 2. The Hall–Kier alpha value is -3.67. The SMILES string of the molecule is CCCCN1C(=O)[C@@H]([C@H](O)C2CCOCC2)NC(=O)C12CCN(Cc1ccc(Oc3ccc(C(=O)NCC(C)(C)C)cc3OC)cc1)CC2. The highest BCUT2D eigenvalue weighted by atomic mass is 16.5. The van der Waals surface area contributed by atoms with Crippen LogP contribution in [0.5, 0.6) is 17.2 Å². The predicted octanol–water partition coefficient (Wildman–Crippen LogP) is 4.51. The summed E-state index contributed by atoms with van der Waals surface area (Å²) in [5, 5.41) is 17.1. The van der Waals surface area contributed by atoms with Gasteiger partial charge in [-0.2, -0.15) is 0 Å². The lowest BCUT2D eigenvalue weighted by Crippen LogP contribution is -2.75. The van der Waals surface area contributed by atoms with E-state index < -0.39 is 17.7 Å². The van der Waals surface area contributed by atoms with Gasteiger partial charge in [0.25, 0.3) is 5.91 Å². The zero-order chi connectivity index (χ0) is 35.2. The highest BCUT2D eigenvalue weighted by molar-refractivity contribution is 6.00. The fourth-order valence-corrected chi connectivity index (χ4v) is 7.01. The van der Waals surface area contributed by atoms with Gasteiger partial charge in [0.2, 0.25) is 11.8 Å². The molecular formula is C38H54N4O7. The normalized spacial score (nSPS) is 20.9. The van der Waals surface area contributed by atoms with E-state index in [1.165, 1.54) is 0 Å². The number of aliphatic hydroxyl groups excluding tert-OH is 1. The minimum Gasteiger partial charge on any atom is -0.493 e. The molecular weight excluding hydrogens is 624 g/mol. The molecule has 3 aliphatic rings. The zero-order valence-corrected chi connectivity index (χ0v) is 29.8. The smallest absolute Gasteiger partial charge is 0.251 e. The second-order valence-electron chi connectivity index (χ2n) is 14.9. The minimum atomic E-state index is -0.917. The minimum absolute atomic E-state index is 0.0209. The summed E-state index contributed by atoms with van der Waals surface area (Å²) in [5.41, 5.74) is 0.692. The van der Waals surface area contributed by atoms with Gasteiger partial charge in [0.05, 0.1) is 13.2 Å². The van der Waals surface area contributed by atoms with Crippen molar-refractivity contribution in [2.75, 3.05) is 46.5 Å². The van der Waals surface area contributed by atoms with Crippen LogP contribution in [0.2, 0.25) is 0 Å². The lowest BCUT2D eigenvalue weighted by molar-refractivity contribution is -0.166. The van der Waals surface area contributed by atoms with Crippen LogP contribution >= 0.6 is 0 Å². The number of likely N-dealkylation sites (tertiary alicyclic amines) is 1. The van der Waals surface area contributed by atoms with E-state index in [4.69, 9.17) is 14.2 Å². The van der Waals surface area contributed by atoms with Crippen molar-refractivity contribution in [3.63, 3.8) is 0 Å². The van der Waals surface area contributed by atoms with Crippen LogP contribution in [-0.4, -0.2) is 96.8 Å². The topological polar surface area (TPSA) is 130 Å². The number of carbonyl (C=O) groups is 3. The number of methoxy groups -OCH3 is 1. The van der Waals surface area contributed by atoms with Gasteiger partial charge in [-0.3, -0.25) is 19.3 Å². The molecule has 2 aromatic carbocycles. The van der Waals surface area contributed by atoms with Gasteiger partial charge < -0.3 is 34.9 Å². The van der Waals surface area contributed by atoms with Crippen molar-refractivity contribution in [3.8, 4) is 17.2 Å². The lowest BCUT2D eigenvalue weighted by Gasteiger charge is -2.52. The Bertz CT molecular complexity index is 1440. The summed E-state index contributed by atoms with van der Waals surface area (Å²) in [6.07, 6.45) is 3.25. The molecule has 2 aromatic rings. The second-order valence-corrected chi connectivity index (χ2v) is 14.9. The van der Waals surface area contributed by atoms with Gasteiger partial charge in [-0.05, 0) is 79.3 Å². The molecule has 3 amide bonds. The first-order valence-corrected chi connectivity index (χ1v) is 17.8. The Morgan fingerprint density at radius 2 is 1.78 bits per heavy atom. The molecule has 0 bridgehead atoms. The third kappa shape index (κ3) is 8.74. The number of aliphatic hydroxyl groups is 1. The van der Waals surface area contributed by atoms with Crippen LogP contribution in [0.3, 0.4) is 0 Å². The van der Waals surface area contributed by atoms with Gasteiger partial charge in [0, 0.05) is 51.5 Å². The van der Waals surface area contributed by atoms with Crippen LogP contribution < -0.4 is 20.1 Å². The molecule has 0 unspecified atom stereocenters. The van der Waals surface area contributed by atoms with Crippen LogP contribution in [-0.2, 0) is 20.9 Å². The first-order valence-electron chi connectivity index (χ1n) is 17.8. The molecule has 3 heterocycles. The van der Waals surface area contributed by atoms with Crippen molar-refractivity contribution >= 4 is 17.7 Å². The van der Waals surface area contributed by atoms with Crippen LogP contribution in [0.4, 0.5) is 0 Å². The molecule has 3 saturated heterocycles. The molecule has 3 N–H and O–H groups in total. The maximum absolute atomic E-state index is 13.9. The van der Waals surface area contributed by atoms with E-state index in [0.29, 0.717) is 94.4 Å². The average Bonchev–Trinajstić information content (AvgIpc) is 3.10. The molecule has 49 heavy (non-hydrogen) atoms. The molecule has 2 atom stereocenters. The van der Waals surface area contributed by atoms with Crippen molar-refractivity contribution in [1.82, 2.24) is 20.4 Å². The highest BCUT2D eigenvalue weighted by Crippen LogP contribution is 2.36. The summed E-state index contributed by atoms with van der Waals surface area (Å²) >= 11 is 0. The molecule has 268 valence electrons. The Morgan fingerprint density at radius 3 is 2.41 bits per heavy atom. The predicted molar refractivity (Wildman–Crippen MR) is 187 cm³/mol. The zero-order valence-electron chi connectivity index (χ0n) is 29.8. The maximum Gasteiger partial charge on any atom is 0.251 e. The largest absolute Gasteiger partial charge is 0.493 e. The Kier molecular flexibility index (Phi) is 11.9. The molecule has 0 saturated carbocycles. The van der Waals surface area contributed by atoms with E-state index in [-0.39, 0.29) is 29.1 Å². The Balaban J connectivity index is 1.18. The van der Waals surface area contributed by atoms with Gasteiger partial charge in [0.1, 0.15) is 17.3 Å².